The van der Waals surface area contributed by atoms with E-state index in [-0.39, 0.29) is 36.8 Å². The zero-order valence-corrected chi connectivity index (χ0v) is 19.7. The molecule has 1 atom stereocenters. The molecule has 2 amide bonds. The first-order chi connectivity index (χ1) is 16.0. The van der Waals surface area contributed by atoms with Gasteiger partial charge in [0, 0.05) is 12.6 Å². The zero-order valence-electron chi connectivity index (χ0n) is 19.7. The molecule has 1 aliphatic rings. The van der Waals surface area contributed by atoms with Crippen LogP contribution in [0, 0.1) is 5.82 Å². The summed E-state index contributed by atoms with van der Waals surface area (Å²) in [5, 5.41) is 3.15. The van der Waals surface area contributed by atoms with Crippen LogP contribution in [-0.4, -0.2) is 35.4 Å². The van der Waals surface area contributed by atoms with Gasteiger partial charge < -0.3 is 15.0 Å². The molecule has 6 heteroatoms. The second-order valence-electron chi connectivity index (χ2n) is 8.70. The number of carbonyl (C=O) groups is 2. The molecule has 0 bridgehead atoms. The standard InChI is InChI=1S/C27H35FN2O3/c1-3-20-12-16-24(17-13-20)33-19-26(31)30(18-21-10-14-22(28)15-11-21)25(4-2)27(32)29-23-8-6-5-7-9-23/h10-17,23,25H,3-9,18-19H2,1-2H3,(H,29,32)/t25-/m1/s1. The lowest BCUT2D eigenvalue weighted by Crippen LogP contribution is -2.52. The molecule has 1 aliphatic carbocycles. The first-order valence-corrected chi connectivity index (χ1v) is 12.1. The van der Waals surface area contributed by atoms with Crippen molar-refractivity contribution in [2.24, 2.45) is 0 Å². The van der Waals surface area contributed by atoms with Crippen molar-refractivity contribution in [3.05, 3.63) is 65.5 Å². The van der Waals surface area contributed by atoms with E-state index in [4.69, 9.17) is 4.74 Å². The Bertz CT molecular complexity index is 893. The van der Waals surface area contributed by atoms with E-state index >= 15 is 0 Å². The number of hydrogen-bond acceptors (Lipinski definition) is 3. The van der Waals surface area contributed by atoms with Gasteiger partial charge in [-0.25, -0.2) is 4.39 Å². The Hall–Kier alpha value is -2.89. The summed E-state index contributed by atoms with van der Waals surface area (Å²) in [4.78, 5) is 28.0. The summed E-state index contributed by atoms with van der Waals surface area (Å²) in [7, 11) is 0. The van der Waals surface area contributed by atoms with Crippen LogP contribution >= 0.6 is 0 Å². The summed E-state index contributed by atoms with van der Waals surface area (Å²) >= 11 is 0. The highest BCUT2D eigenvalue weighted by atomic mass is 19.1. The highest BCUT2D eigenvalue weighted by Crippen LogP contribution is 2.19. The number of aryl methyl sites for hydroxylation is 1. The van der Waals surface area contributed by atoms with Crippen LogP contribution in [0.2, 0.25) is 0 Å². The van der Waals surface area contributed by atoms with E-state index in [0.29, 0.717) is 12.2 Å². The van der Waals surface area contributed by atoms with Crippen molar-refractivity contribution in [3.8, 4) is 5.75 Å². The molecule has 2 aromatic carbocycles. The lowest BCUT2D eigenvalue weighted by Gasteiger charge is -2.32. The minimum Gasteiger partial charge on any atom is -0.484 e. The van der Waals surface area contributed by atoms with Crippen LogP contribution in [0.4, 0.5) is 4.39 Å². The number of carbonyl (C=O) groups excluding carboxylic acids is 2. The topological polar surface area (TPSA) is 58.6 Å². The van der Waals surface area contributed by atoms with Gasteiger partial charge in [0.25, 0.3) is 5.91 Å². The zero-order chi connectivity index (χ0) is 23.6. The average molecular weight is 455 g/mol. The number of ether oxygens (including phenoxy) is 1. The Morgan fingerprint density at radius 2 is 1.64 bits per heavy atom. The number of halogens is 1. The van der Waals surface area contributed by atoms with Crippen molar-refractivity contribution in [3.63, 3.8) is 0 Å². The number of benzene rings is 2. The van der Waals surface area contributed by atoms with Crippen molar-refractivity contribution in [1.82, 2.24) is 10.2 Å². The predicted octanol–water partition coefficient (Wildman–Crippen LogP) is 5.02. The molecule has 0 radical (unpaired) electrons. The molecule has 0 spiro atoms. The summed E-state index contributed by atoms with van der Waals surface area (Å²) in [6.45, 7) is 4.03. The third kappa shape index (κ3) is 7.31. The number of amides is 2. The third-order valence-electron chi connectivity index (χ3n) is 6.30. The van der Waals surface area contributed by atoms with Gasteiger partial charge in [0.2, 0.25) is 5.91 Å². The van der Waals surface area contributed by atoms with Crippen LogP contribution in [0.3, 0.4) is 0 Å². The van der Waals surface area contributed by atoms with Gasteiger partial charge in [-0.05, 0) is 61.1 Å². The van der Waals surface area contributed by atoms with Crippen molar-refractivity contribution in [1.29, 1.82) is 0 Å². The first-order valence-electron chi connectivity index (χ1n) is 12.1. The maximum atomic E-state index is 13.4. The van der Waals surface area contributed by atoms with Crippen molar-refractivity contribution >= 4 is 11.8 Å². The highest BCUT2D eigenvalue weighted by molar-refractivity contribution is 5.88. The summed E-state index contributed by atoms with van der Waals surface area (Å²) in [6, 6.07) is 13.2. The maximum Gasteiger partial charge on any atom is 0.261 e. The van der Waals surface area contributed by atoms with Crippen LogP contribution < -0.4 is 10.1 Å². The third-order valence-corrected chi connectivity index (χ3v) is 6.30. The molecule has 1 N–H and O–H groups in total. The van der Waals surface area contributed by atoms with Crippen molar-refractivity contribution < 1.29 is 18.7 Å². The maximum absolute atomic E-state index is 13.4. The van der Waals surface area contributed by atoms with E-state index in [9.17, 15) is 14.0 Å². The predicted molar refractivity (Wildman–Crippen MR) is 127 cm³/mol. The minimum absolute atomic E-state index is 0.132. The Morgan fingerprint density at radius 1 is 1.00 bits per heavy atom. The molecule has 2 aromatic rings. The van der Waals surface area contributed by atoms with E-state index in [2.05, 4.69) is 12.2 Å². The Labute approximate surface area is 196 Å². The van der Waals surface area contributed by atoms with Gasteiger partial charge in [-0.3, -0.25) is 9.59 Å². The number of nitrogens with one attached hydrogen (secondary N) is 1. The minimum atomic E-state index is -0.615. The average Bonchev–Trinajstić information content (AvgIpc) is 2.84. The monoisotopic (exact) mass is 454 g/mol. The van der Waals surface area contributed by atoms with Gasteiger partial charge in [0.05, 0.1) is 0 Å². The van der Waals surface area contributed by atoms with Gasteiger partial charge in [-0.1, -0.05) is 57.4 Å². The summed E-state index contributed by atoms with van der Waals surface area (Å²) < 4.78 is 19.1. The Morgan fingerprint density at radius 3 is 2.24 bits per heavy atom. The molecule has 0 saturated heterocycles. The highest BCUT2D eigenvalue weighted by Gasteiger charge is 2.30. The van der Waals surface area contributed by atoms with E-state index in [1.165, 1.54) is 24.1 Å². The lowest BCUT2D eigenvalue weighted by molar-refractivity contribution is -0.143. The molecule has 178 valence electrons. The van der Waals surface area contributed by atoms with Crippen LogP contribution in [-0.2, 0) is 22.6 Å². The van der Waals surface area contributed by atoms with E-state index in [1.807, 2.05) is 31.2 Å². The molecule has 1 fully saturated rings. The number of nitrogens with zero attached hydrogens (tertiary/aromatic N) is 1. The van der Waals surface area contributed by atoms with Crippen LogP contribution in [0.25, 0.3) is 0 Å². The quantitative estimate of drug-likeness (QED) is 0.548. The fourth-order valence-corrected chi connectivity index (χ4v) is 4.30. The lowest BCUT2D eigenvalue weighted by atomic mass is 9.95. The fourth-order valence-electron chi connectivity index (χ4n) is 4.30. The normalized spacial score (nSPS) is 15.0. The second kappa shape index (κ2) is 12.4. The molecule has 1 saturated carbocycles. The largest absolute Gasteiger partial charge is 0.484 e. The van der Waals surface area contributed by atoms with Gasteiger partial charge in [0.15, 0.2) is 6.61 Å². The van der Waals surface area contributed by atoms with Gasteiger partial charge in [-0.2, -0.15) is 0 Å². The molecular formula is C27H35FN2O3. The van der Waals surface area contributed by atoms with Gasteiger partial charge in [0.1, 0.15) is 17.6 Å². The van der Waals surface area contributed by atoms with E-state index < -0.39 is 6.04 Å². The van der Waals surface area contributed by atoms with E-state index in [1.54, 1.807) is 17.0 Å². The summed E-state index contributed by atoms with van der Waals surface area (Å²) in [6.07, 6.45) is 6.80. The first kappa shape index (κ1) is 24.7. The van der Waals surface area contributed by atoms with Gasteiger partial charge >= 0.3 is 0 Å². The smallest absolute Gasteiger partial charge is 0.261 e. The molecule has 3 rings (SSSR count). The molecule has 33 heavy (non-hydrogen) atoms. The summed E-state index contributed by atoms with van der Waals surface area (Å²) in [5.41, 5.74) is 1.96. The Kier molecular flexibility index (Phi) is 9.28. The van der Waals surface area contributed by atoms with Gasteiger partial charge in [-0.15, -0.1) is 0 Å². The molecule has 0 unspecified atom stereocenters. The summed E-state index contributed by atoms with van der Waals surface area (Å²) in [5.74, 6) is -0.128. The molecule has 0 aromatic heterocycles. The number of rotatable bonds is 10. The second-order valence-corrected chi connectivity index (χ2v) is 8.70. The molecule has 5 nitrogen and oxygen atoms in total. The Balaban J connectivity index is 1.73. The van der Waals surface area contributed by atoms with Crippen molar-refractivity contribution in [2.75, 3.05) is 6.61 Å². The molecule has 0 heterocycles. The van der Waals surface area contributed by atoms with E-state index in [0.717, 1.165) is 37.7 Å². The SMILES string of the molecule is CCc1ccc(OCC(=O)N(Cc2ccc(F)cc2)[C@H](CC)C(=O)NC2CCCCC2)cc1. The molecule has 0 aliphatic heterocycles. The number of hydrogen-bond donors (Lipinski definition) is 1. The van der Waals surface area contributed by atoms with Crippen LogP contribution in [0.15, 0.2) is 48.5 Å². The van der Waals surface area contributed by atoms with Crippen LogP contribution in [0.5, 0.6) is 5.75 Å². The van der Waals surface area contributed by atoms with Crippen LogP contribution in [0.1, 0.15) is 63.5 Å². The fraction of sp³-hybridized carbons (Fsp3) is 0.481. The van der Waals surface area contributed by atoms with Crippen molar-refractivity contribution in [2.45, 2.75) is 77.4 Å². The molecular weight excluding hydrogens is 419 g/mol.